The van der Waals surface area contributed by atoms with E-state index in [2.05, 4.69) is 22.1 Å². The van der Waals surface area contributed by atoms with Crippen molar-refractivity contribution in [3.05, 3.63) is 102 Å². The van der Waals surface area contributed by atoms with Gasteiger partial charge >= 0.3 is 0 Å². The fourth-order valence-electron chi connectivity index (χ4n) is 6.28. The van der Waals surface area contributed by atoms with Crippen LogP contribution >= 0.6 is 0 Å². The lowest BCUT2D eigenvalue weighted by Crippen LogP contribution is -2.43. The number of ether oxygens (including phenoxy) is 2. The molecule has 3 unspecified atom stereocenters. The molecule has 3 aromatic carbocycles. The van der Waals surface area contributed by atoms with Gasteiger partial charge in [-0.05, 0) is 54.7 Å². The molecule has 9 heteroatoms. The molecule has 244 valence electrons. The second-order valence-electron chi connectivity index (χ2n) is 12.2. The normalized spacial score (nSPS) is 20.0. The van der Waals surface area contributed by atoms with Crippen molar-refractivity contribution >= 4 is 28.9 Å². The summed E-state index contributed by atoms with van der Waals surface area (Å²) in [6.07, 6.45) is 7.69. The van der Waals surface area contributed by atoms with Crippen LogP contribution < -0.4 is 16.4 Å². The molecule has 0 aromatic heterocycles. The number of nitrogen functional groups attached to an aromatic ring is 1. The number of nitrogens with one attached hydrogen (secondary N) is 2. The van der Waals surface area contributed by atoms with Crippen molar-refractivity contribution in [2.45, 2.75) is 82.5 Å². The smallest absolute Gasteiger partial charge is 0.224 e. The molecule has 0 radical (unpaired) electrons. The lowest BCUT2D eigenvalue weighted by Gasteiger charge is -2.39. The van der Waals surface area contributed by atoms with E-state index in [1.165, 1.54) is 25.7 Å². The second kappa shape index (κ2) is 16.5. The van der Waals surface area contributed by atoms with E-state index in [-0.39, 0.29) is 43.5 Å². The number of nitrogens with zero attached hydrogens (tertiary/aromatic N) is 1. The molecule has 1 saturated heterocycles. The maximum atomic E-state index is 12.6. The summed E-state index contributed by atoms with van der Waals surface area (Å²) in [6.45, 7) is 5.62. The second-order valence-corrected chi connectivity index (χ2v) is 12.2. The van der Waals surface area contributed by atoms with Crippen LogP contribution in [0.5, 0.6) is 0 Å². The fraction of sp³-hybridized carbons (Fsp3) is 0.405. The van der Waals surface area contributed by atoms with E-state index in [1.54, 1.807) is 24.3 Å². The number of para-hydroxylation sites is 2. The van der Waals surface area contributed by atoms with Gasteiger partial charge in [-0.1, -0.05) is 67.4 Å². The molecule has 2 fully saturated rings. The van der Waals surface area contributed by atoms with Crippen molar-refractivity contribution in [1.29, 1.82) is 0 Å². The molecule has 1 aliphatic heterocycles. The summed E-state index contributed by atoms with van der Waals surface area (Å²) in [5.41, 5.74) is 10.4. The number of rotatable bonds is 14. The zero-order valence-corrected chi connectivity index (χ0v) is 26.4. The summed E-state index contributed by atoms with van der Waals surface area (Å²) < 4.78 is 13.1. The van der Waals surface area contributed by atoms with Crippen molar-refractivity contribution in [3.63, 3.8) is 0 Å². The minimum absolute atomic E-state index is 0.0000989. The molecule has 9 nitrogen and oxygen atoms in total. The van der Waals surface area contributed by atoms with Crippen LogP contribution in [0.2, 0.25) is 0 Å². The van der Waals surface area contributed by atoms with Crippen LogP contribution in [0.4, 0.5) is 17.1 Å². The first-order valence-electron chi connectivity index (χ1n) is 16.3. The zero-order valence-electron chi connectivity index (χ0n) is 26.4. The van der Waals surface area contributed by atoms with E-state index in [4.69, 9.17) is 15.2 Å². The molecule has 5 rings (SSSR count). The van der Waals surface area contributed by atoms with Crippen LogP contribution in [0.25, 0.3) is 0 Å². The molecule has 3 atom stereocenters. The average molecular weight is 627 g/mol. The number of anilines is 3. The Morgan fingerprint density at radius 3 is 2.26 bits per heavy atom. The van der Waals surface area contributed by atoms with Gasteiger partial charge in [0.2, 0.25) is 11.8 Å². The standard InChI is InChI=1S/C37H46N4O5/c1-2-22-41(30-8-3-4-9-30)24-31-23-34(27-16-14-26(25-42)15-17-27)46-37(45-31)28-18-20-29(21-19-28)39-35(43)12-7-13-36(44)40-33-11-6-5-10-32(33)38/h2,5-6,10-11,14-21,30-31,34,37,42H,1,3-4,7-9,12-13,22-25,38H2,(H,39,43)(H,40,44). The van der Waals surface area contributed by atoms with Crippen LogP contribution in [0.1, 0.15) is 80.5 Å². The molecule has 1 aliphatic carbocycles. The molecule has 0 spiro atoms. The van der Waals surface area contributed by atoms with Crippen molar-refractivity contribution in [1.82, 2.24) is 4.90 Å². The van der Waals surface area contributed by atoms with Crippen molar-refractivity contribution < 1.29 is 24.2 Å². The molecule has 46 heavy (non-hydrogen) atoms. The van der Waals surface area contributed by atoms with Gasteiger partial charge in [-0.2, -0.15) is 0 Å². The zero-order chi connectivity index (χ0) is 32.3. The summed E-state index contributed by atoms with van der Waals surface area (Å²) in [6, 6.07) is 23.1. The van der Waals surface area contributed by atoms with Crippen LogP contribution in [-0.4, -0.2) is 47.1 Å². The van der Waals surface area contributed by atoms with Gasteiger partial charge in [-0.3, -0.25) is 14.5 Å². The Morgan fingerprint density at radius 2 is 1.59 bits per heavy atom. The van der Waals surface area contributed by atoms with E-state index < -0.39 is 6.29 Å². The Labute approximate surface area is 271 Å². The number of aliphatic hydroxyl groups excluding tert-OH is 1. The summed E-state index contributed by atoms with van der Waals surface area (Å²) in [5, 5.41) is 15.2. The van der Waals surface area contributed by atoms with E-state index in [0.717, 1.165) is 36.2 Å². The first-order valence-corrected chi connectivity index (χ1v) is 16.3. The highest BCUT2D eigenvalue weighted by atomic mass is 16.7. The third-order valence-corrected chi connectivity index (χ3v) is 8.77. The van der Waals surface area contributed by atoms with Gasteiger partial charge in [-0.25, -0.2) is 0 Å². The molecule has 1 saturated carbocycles. The lowest BCUT2D eigenvalue weighted by atomic mass is 9.99. The number of amides is 2. The molecule has 2 amide bonds. The summed E-state index contributed by atoms with van der Waals surface area (Å²) in [5.74, 6) is -0.343. The van der Waals surface area contributed by atoms with Crippen LogP contribution in [0.3, 0.4) is 0 Å². The Morgan fingerprint density at radius 1 is 0.913 bits per heavy atom. The predicted octanol–water partition coefficient (Wildman–Crippen LogP) is 6.48. The highest BCUT2D eigenvalue weighted by molar-refractivity contribution is 5.94. The number of carbonyl (C=O) groups excluding carboxylic acids is 2. The predicted molar refractivity (Wildman–Crippen MR) is 181 cm³/mol. The van der Waals surface area contributed by atoms with E-state index in [0.29, 0.717) is 29.5 Å². The molecule has 5 N–H and O–H groups in total. The Balaban J connectivity index is 1.19. The molecule has 1 heterocycles. The largest absolute Gasteiger partial charge is 0.397 e. The summed E-state index contributed by atoms with van der Waals surface area (Å²) in [7, 11) is 0. The maximum absolute atomic E-state index is 12.6. The number of hydrogen-bond donors (Lipinski definition) is 4. The third-order valence-electron chi connectivity index (χ3n) is 8.77. The topological polar surface area (TPSA) is 126 Å². The van der Waals surface area contributed by atoms with Gasteiger partial charge in [0.25, 0.3) is 0 Å². The van der Waals surface area contributed by atoms with Gasteiger partial charge in [-0.15, -0.1) is 6.58 Å². The molecule has 0 bridgehead atoms. The van der Waals surface area contributed by atoms with Crippen molar-refractivity contribution in [3.8, 4) is 0 Å². The maximum Gasteiger partial charge on any atom is 0.224 e. The Hall–Kier alpha value is -4.02. The van der Waals surface area contributed by atoms with Crippen LogP contribution in [0.15, 0.2) is 85.5 Å². The number of aliphatic hydroxyl groups is 1. The van der Waals surface area contributed by atoms with Gasteiger partial charge in [0.15, 0.2) is 6.29 Å². The quantitative estimate of drug-likeness (QED) is 0.119. The highest BCUT2D eigenvalue weighted by Crippen LogP contribution is 2.39. The highest BCUT2D eigenvalue weighted by Gasteiger charge is 2.34. The van der Waals surface area contributed by atoms with Gasteiger partial charge in [0.05, 0.1) is 30.2 Å². The SMILES string of the molecule is C=CCN(CC1CC(c2ccc(CO)cc2)OC(c2ccc(NC(=O)CCCC(=O)Nc3ccccc3N)cc2)O1)C1CCCC1. The van der Waals surface area contributed by atoms with E-state index >= 15 is 0 Å². The van der Waals surface area contributed by atoms with Crippen molar-refractivity contribution in [2.24, 2.45) is 0 Å². The first kappa shape index (κ1) is 33.3. The van der Waals surface area contributed by atoms with E-state index in [1.807, 2.05) is 54.6 Å². The minimum Gasteiger partial charge on any atom is -0.397 e. The van der Waals surface area contributed by atoms with Gasteiger partial charge < -0.3 is 30.9 Å². The summed E-state index contributed by atoms with van der Waals surface area (Å²) >= 11 is 0. The number of benzene rings is 3. The first-order chi connectivity index (χ1) is 22.4. The molecule has 2 aliphatic rings. The molecule has 3 aromatic rings. The van der Waals surface area contributed by atoms with Gasteiger partial charge in [0, 0.05) is 49.6 Å². The lowest BCUT2D eigenvalue weighted by molar-refractivity contribution is -0.253. The van der Waals surface area contributed by atoms with Crippen LogP contribution in [-0.2, 0) is 25.7 Å². The number of hydrogen-bond acceptors (Lipinski definition) is 7. The summed E-state index contributed by atoms with van der Waals surface area (Å²) in [4.78, 5) is 27.4. The Kier molecular flexibility index (Phi) is 12.0. The fourth-order valence-corrected chi connectivity index (χ4v) is 6.28. The molecular weight excluding hydrogens is 580 g/mol. The minimum atomic E-state index is -0.572. The monoisotopic (exact) mass is 626 g/mol. The third kappa shape index (κ3) is 9.26. The Bertz CT molecular complexity index is 1440. The number of carbonyl (C=O) groups is 2. The average Bonchev–Trinajstić information content (AvgIpc) is 3.61. The number of nitrogens with two attached hydrogens (primary N) is 1. The van der Waals surface area contributed by atoms with E-state index in [9.17, 15) is 14.7 Å². The van der Waals surface area contributed by atoms with Crippen molar-refractivity contribution in [2.75, 3.05) is 29.5 Å². The van der Waals surface area contributed by atoms with Crippen LogP contribution in [0, 0.1) is 0 Å². The molecular formula is C37H46N4O5. The van der Waals surface area contributed by atoms with Gasteiger partial charge in [0.1, 0.15) is 0 Å².